The van der Waals surface area contributed by atoms with E-state index in [0.29, 0.717) is 17.5 Å². The maximum Gasteiger partial charge on any atom is 0.340 e. The Bertz CT molecular complexity index is 435. The van der Waals surface area contributed by atoms with E-state index in [1.807, 2.05) is 6.92 Å². The van der Waals surface area contributed by atoms with E-state index in [1.54, 1.807) is 0 Å². The molecule has 2 N–H and O–H groups in total. The van der Waals surface area contributed by atoms with E-state index in [2.05, 4.69) is 6.92 Å². The van der Waals surface area contributed by atoms with Crippen LogP contribution in [0, 0.1) is 5.92 Å². The van der Waals surface area contributed by atoms with Crippen LogP contribution in [0.4, 0.5) is 5.69 Å². The van der Waals surface area contributed by atoms with Crippen molar-refractivity contribution < 1.29 is 9.53 Å². The van der Waals surface area contributed by atoms with Crippen LogP contribution < -0.4 is 5.73 Å². The zero-order valence-electron chi connectivity index (χ0n) is 10.5. The van der Waals surface area contributed by atoms with Crippen molar-refractivity contribution in [3.8, 4) is 0 Å². The highest BCUT2D eigenvalue weighted by molar-refractivity contribution is 6.37. The second-order valence-corrected chi connectivity index (χ2v) is 5.18. The molecule has 0 aliphatic heterocycles. The van der Waals surface area contributed by atoms with Crippen LogP contribution in [-0.2, 0) is 4.74 Å². The largest absolute Gasteiger partial charge is 0.462 e. The molecule has 1 aromatic carbocycles. The average molecular weight is 290 g/mol. The molecular weight excluding hydrogens is 273 g/mol. The molecule has 0 fully saturated rings. The summed E-state index contributed by atoms with van der Waals surface area (Å²) < 4.78 is 5.20. The van der Waals surface area contributed by atoms with Gasteiger partial charge in [0, 0.05) is 5.02 Å². The monoisotopic (exact) mass is 289 g/mol. The molecule has 0 aromatic heterocycles. The first-order valence-corrected chi connectivity index (χ1v) is 6.63. The number of nitrogen functional groups attached to an aromatic ring is 1. The van der Waals surface area contributed by atoms with Crippen molar-refractivity contribution in [2.75, 3.05) is 12.3 Å². The smallest absolute Gasteiger partial charge is 0.340 e. The molecule has 0 heterocycles. The SMILES string of the molecule is CCCC(C)COC(=O)c1cc(Cl)cc(Cl)c1N. The molecule has 0 aliphatic rings. The van der Waals surface area contributed by atoms with Crippen LogP contribution >= 0.6 is 23.2 Å². The highest BCUT2D eigenvalue weighted by Crippen LogP contribution is 2.28. The van der Waals surface area contributed by atoms with Gasteiger partial charge in [-0.05, 0) is 24.5 Å². The molecule has 0 spiro atoms. The first-order chi connectivity index (χ1) is 8.45. The van der Waals surface area contributed by atoms with Crippen molar-refractivity contribution in [1.82, 2.24) is 0 Å². The summed E-state index contributed by atoms with van der Waals surface area (Å²) in [6.45, 7) is 4.49. The molecule has 0 saturated carbocycles. The molecule has 3 nitrogen and oxygen atoms in total. The van der Waals surface area contributed by atoms with Gasteiger partial charge in [-0.2, -0.15) is 0 Å². The van der Waals surface area contributed by atoms with Crippen LogP contribution in [0.1, 0.15) is 37.0 Å². The Hall–Kier alpha value is -0.930. The Balaban J connectivity index is 2.73. The minimum atomic E-state index is -0.486. The molecule has 5 heteroatoms. The van der Waals surface area contributed by atoms with Crippen LogP contribution in [0.25, 0.3) is 0 Å². The Labute approximate surface area is 117 Å². The van der Waals surface area contributed by atoms with Crippen LogP contribution in [-0.4, -0.2) is 12.6 Å². The summed E-state index contributed by atoms with van der Waals surface area (Å²) >= 11 is 11.7. The summed E-state index contributed by atoms with van der Waals surface area (Å²) in [4.78, 5) is 11.9. The van der Waals surface area contributed by atoms with Gasteiger partial charge in [-0.3, -0.25) is 0 Å². The van der Waals surface area contributed by atoms with Crippen LogP contribution in [0.15, 0.2) is 12.1 Å². The molecule has 1 unspecified atom stereocenters. The molecule has 0 saturated heterocycles. The van der Waals surface area contributed by atoms with Crippen molar-refractivity contribution in [3.05, 3.63) is 27.7 Å². The van der Waals surface area contributed by atoms with Gasteiger partial charge in [-0.25, -0.2) is 4.79 Å². The number of rotatable bonds is 5. The predicted octanol–water partition coefficient (Wildman–Crippen LogP) is 4.17. The topological polar surface area (TPSA) is 52.3 Å². The van der Waals surface area contributed by atoms with E-state index in [-0.39, 0.29) is 16.3 Å². The minimum absolute atomic E-state index is 0.203. The Morgan fingerprint density at radius 2 is 2.11 bits per heavy atom. The number of nitrogens with two attached hydrogens (primary N) is 1. The standard InChI is InChI=1S/C13H17Cl2NO2/c1-3-4-8(2)7-18-13(17)10-5-9(14)6-11(15)12(10)16/h5-6,8H,3-4,7,16H2,1-2H3. The van der Waals surface area contributed by atoms with Crippen LogP contribution in [0.5, 0.6) is 0 Å². The molecule has 0 radical (unpaired) electrons. The number of halogens is 2. The zero-order valence-corrected chi connectivity index (χ0v) is 12.0. The van der Waals surface area contributed by atoms with Gasteiger partial charge in [0.2, 0.25) is 0 Å². The third kappa shape index (κ3) is 4.07. The number of hydrogen-bond donors (Lipinski definition) is 1. The summed E-state index contributed by atoms with van der Waals surface area (Å²) in [5.41, 5.74) is 6.15. The number of benzene rings is 1. The number of hydrogen-bond acceptors (Lipinski definition) is 3. The lowest BCUT2D eigenvalue weighted by Gasteiger charge is -2.12. The van der Waals surface area contributed by atoms with E-state index in [0.717, 1.165) is 12.8 Å². The Morgan fingerprint density at radius 1 is 1.44 bits per heavy atom. The molecule has 0 amide bonds. The maximum absolute atomic E-state index is 11.9. The van der Waals surface area contributed by atoms with Crippen molar-refractivity contribution in [2.24, 2.45) is 5.92 Å². The maximum atomic E-state index is 11.9. The quantitative estimate of drug-likeness (QED) is 0.654. The second-order valence-electron chi connectivity index (χ2n) is 4.34. The highest BCUT2D eigenvalue weighted by atomic mass is 35.5. The van der Waals surface area contributed by atoms with E-state index in [9.17, 15) is 4.79 Å². The van der Waals surface area contributed by atoms with Gasteiger partial charge in [0.25, 0.3) is 0 Å². The van der Waals surface area contributed by atoms with Gasteiger partial charge in [-0.15, -0.1) is 0 Å². The fourth-order valence-corrected chi connectivity index (χ4v) is 2.12. The zero-order chi connectivity index (χ0) is 13.7. The average Bonchev–Trinajstić information content (AvgIpc) is 2.31. The van der Waals surface area contributed by atoms with Crippen molar-refractivity contribution in [1.29, 1.82) is 0 Å². The summed E-state index contributed by atoms with van der Waals surface area (Å²) in [6.07, 6.45) is 2.07. The molecular formula is C13H17Cl2NO2. The second kappa shape index (κ2) is 6.86. The predicted molar refractivity (Wildman–Crippen MR) is 75.2 cm³/mol. The number of carbonyl (C=O) groups excluding carboxylic acids is 1. The Morgan fingerprint density at radius 3 is 2.72 bits per heavy atom. The highest BCUT2D eigenvalue weighted by Gasteiger charge is 2.16. The van der Waals surface area contributed by atoms with Gasteiger partial charge >= 0.3 is 5.97 Å². The van der Waals surface area contributed by atoms with E-state index in [4.69, 9.17) is 33.7 Å². The van der Waals surface area contributed by atoms with Gasteiger partial charge < -0.3 is 10.5 Å². The molecule has 0 aliphatic carbocycles. The third-order valence-electron chi connectivity index (χ3n) is 2.59. The van der Waals surface area contributed by atoms with Gasteiger partial charge in [0.15, 0.2) is 0 Å². The molecule has 100 valence electrons. The lowest BCUT2D eigenvalue weighted by Crippen LogP contribution is -2.13. The fourth-order valence-electron chi connectivity index (χ4n) is 1.63. The first-order valence-electron chi connectivity index (χ1n) is 5.87. The lowest BCUT2D eigenvalue weighted by molar-refractivity contribution is 0.0445. The van der Waals surface area contributed by atoms with E-state index in [1.165, 1.54) is 12.1 Å². The molecule has 18 heavy (non-hydrogen) atoms. The van der Waals surface area contributed by atoms with Gasteiger partial charge in [0.1, 0.15) is 0 Å². The van der Waals surface area contributed by atoms with Crippen LogP contribution in [0.3, 0.4) is 0 Å². The van der Waals surface area contributed by atoms with Crippen LogP contribution in [0.2, 0.25) is 10.0 Å². The first kappa shape index (κ1) is 15.1. The summed E-state index contributed by atoms with van der Waals surface area (Å²) in [5, 5.41) is 0.624. The fraction of sp³-hybridized carbons (Fsp3) is 0.462. The normalized spacial score (nSPS) is 12.2. The number of ether oxygens (including phenoxy) is 1. The van der Waals surface area contributed by atoms with E-state index < -0.39 is 5.97 Å². The molecule has 1 rings (SSSR count). The van der Waals surface area contributed by atoms with Crippen molar-refractivity contribution in [2.45, 2.75) is 26.7 Å². The van der Waals surface area contributed by atoms with Crippen molar-refractivity contribution in [3.63, 3.8) is 0 Å². The third-order valence-corrected chi connectivity index (χ3v) is 3.13. The lowest BCUT2D eigenvalue weighted by atomic mass is 10.1. The summed E-state index contributed by atoms with van der Waals surface area (Å²) in [6, 6.07) is 2.96. The molecule has 1 atom stereocenters. The summed E-state index contributed by atoms with van der Waals surface area (Å²) in [7, 11) is 0. The minimum Gasteiger partial charge on any atom is -0.462 e. The van der Waals surface area contributed by atoms with Gasteiger partial charge in [0.05, 0.1) is 22.9 Å². The molecule has 0 bridgehead atoms. The molecule has 1 aromatic rings. The Kier molecular flexibility index (Phi) is 5.76. The summed E-state index contributed by atoms with van der Waals surface area (Å²) in [5.74, 6) is -0.158. The number of anilines is 1. The van der Waals surface area contributed by atoms with Crippen molar-refractivity contribution >= 4 is 34.9 Å². The van der Waals surface area contributed by atoms with E-state index >= 15 is 0 Å². The number of esters is 1. The number of carbonyl (C=O) groups is 1. The van der Waals surface area contributed by atoms with Gasteiger partial charge in [-0.1, -0.05) is 43.5 Å².